The van der Waals surface area contributed by atoms with Gasteiger partial charge in [-0.2, -0.15) is 0 Å². The molecule has 0 N–H and O–H groups in total. The number of nitrogens with zero attached hydrogens (tertiary/aromatic N) is 1. The Labute approximate surface area is 214 Å². The maximum atomic E-state index is 7.02. The van der Waals surface area contributed by atoms with Crippen LogP contribution in [0.3, 0.4) is 0 Å². The molecule has 2 aliphatic heterocycles. The van der Waals surface area contributed by atoms with Gasteiger partial charge in [0.2, 0.25) is 5.45 Å². The molecular weight excluding hydrogens is 491 g/mol. The van der Waals surface area contributed by atoms with Gasteiger partial charge in [-0.3, -0.25) is 0 Å². The van der Waals surface area contributed by atoms with Crippen LogP contribution in [0.15, 0.2) is 41.6 Å². The Balaban J connectivity index is 0.00000103. The molecule has 1 spiro atoms. The molecule has 0 bridgehead atoms. The second-order valence-electron chi connectivity index (χ2n) is 10.7. The van der Waals surface area contributed by atoms with E-state index >= 15 is 0 Å². The molecule has 186 valence electrons. The van der Waals surface area contributed by atoms with Gasteiger partial charge in [0.15, 0.2) is 7.49 Å². The van der Waals surface area contributed by atoms with E-state index in [9.17, 15) is 0 Å². The van der Waals surface area contributed by atoms with Gasteiger partial charge in [-0.1, -0.05) is 35.0 Å². The molecule has 0 saturated carbocycles. The van der Waals surface area contributed by atoms with Crippen molar-refractivity contribution in [2.45, 2.75) is 72.6 Å². The molecule has 4 rings (SSSR count). The Morgan fingerprint density at radius 1 is 0.853 bits per heavy atom. The van der Waals surface area contributed by atoms with Crippen LogP contribution in [0.4, 0.5) is 0 Å². The summed E-state index contributed by atoms with van der Waals surface area (Å²) in [5, 5.41) is 4.48. The number of fused-ring (bicyclic) bond motifs is 1. The third-order valence-corrected chi connectivity index (χ3v) is 11.3. The van der Waals surface area contributed by atoms with E-state index in [0.29, 0.717) is 11.5 Å². The molecule has 2 aliphatic rings. The monoisotopic (exact) mass is 525 g/mol. The zero-order chi connectivity index (χ0) is 25.5. The fourth-order valence-corrected chi connectivity index (χ4v) is 10.6. The zero-order valence-corrected chi connectivity index (χ0v) is 23.9. The third kappa shape index (κ3) is 4.67. The van der Waals surface area contributed by atoms with Crippen LogP contribution < -0.4 is 9.31 Å². The molecule has 2 heterocycles. The van der Waals surface area contributed by atoms with Gasteiger partial charge in [-0.25, -0.2) is 0 Å². The minimum Gasteiger partial charge on any atom is -0.617 e. The molecule has 2 aromatic rings. The van der Waals surface area contributed by atoms with Crippen molar-refractivity contribution in [3.05, 3.63) is 58.7 Å². The van der Waals surface area contributed by atoms with Crippen molar-refractivity contribution < 1.29 is 18.5 Å². The van der Waals surface area contributed by atoms with Crippen LogP contribution in [-0.2, 0) is 9.20 Å². The lowest BCUT2D eigenvalue weighted by molar-refractivity contribution is 0.111. The average Bonchev–Trinajstić information content (AvgIpc) is 3.04. The fraction of sp³-hybridized carbons (Fsp3) is 0.480. The predicted molar refractivity (Wildman–Crippen MR) is 146 cm³/mol. The molecule has 0 aliphatic carbocycles. The van der Waals surface area contributed by atoms with E-state index in [4.69, 9.17) is 46.9 Å². The summed E-state index contributed by atoms with van der Waals surface area (Å²) in [6.45, 7) is 17.2. The van der Waals surface area contributed by atoms with Gasteiger partial charge in [-0.05, 0) is 85.6 Å². The van der Waals surface area contributed by atoms with E-state index in [0.717, 1.165) is 11.0 Å². The van der Waals surface area contributed by atoms with Crippen molar-refractivity contribution in [2.24, 2.45) is 5.16 Å². The summed E-state index contributed by atoms with van der Waals surface area (Å²) in [5.74, 6) is 1.23. The topological polar surface area (TPSA) is 49.3 Å². The Morgan fingerprint density at radius 2 is 1.29 bits per heavy atom. The largest absolute Gasteiger partial charge is 0.769 e. The summed E-state index contributed by atoms with van der Waals surface area (Å²) in [4.78, 5) is 0. The van der Waals surface area contributed by atoms with Crippen molar-refractivity contribution in [3.8, 4) is 11.5 Å². The highest BCUT2D eigenvalue weighted by Crippen LogP contribution is 2.81. The molecule has 5 nitrogen and oxygen atoms in total. The summed E-state index contributed by atoms with van der Waals surface area (Å²) < 4.78 is 25.3. The van der Waals surface area contributed by atoms with E-state index in [-0.39, 0.29) is 15.7 Å². The minimum absolute atomic E-state index is 0.194. The number of oxime groups is 1. The van der Waals surface area contributed by atoms with Crippen LogP contribution in [0, 0.1) is 20.8 Å². The van der Waals surface area contributed by atoms with Crippen LogP contribution >= 0.6 is 30.7 Å². The Morgan fingerprint density at radius 3 is 1.71 bits per heavy atom. The predicted octanol–water partition coefficient (Wildman–Crippen LogP) is 8.18. The minimum atomic E-state index is -2.53. The van der Waals surface area contributed by atoms with Crippen molar-refractivity contribution >= 4 is 43.1 Å². The number of para-hydroxylation sites is 2. The first kappa shape index (κ1) is 27.1. The van der Waals surface area contributed by atoms with Crippen LogP contribution in [0.2, 0.25) is 0 Å². The highest BCUT2D eigenvalue weighted by Gasteiger charge is 2.71. The zero-order valence-electron chi connectivity index (χ0n) is 21.5. The molecular formula is C25H35BCl2NO4P. The van der Waals surface area contributed by atoms with Crippen molar-refractivity contribution in [1.82, 2.24) is 0 Å². The summed E-state index contributed by atoms with van der Waals surface area (Å²) in [5.41, 5.74) is 5.55. The lowest BCUT2D eigenvalue weighted by Gasteiger charge is -2.52. The van der Waals surface area contributed by atoms with Gasteiger partial charge in [0.25, 0.3) is 0 Å². The first-order valence-electron chi connectivity index (χ1n) is 11.4. The van der Waals surface area contributed by atoms with Gasteiger partial charge in [0.1, 0.15) is 21.8 Å². The van der Waals surface area contributed by atoms with E-state index < -0.39 is 14.4 Å². The molecule has 0 amide bonds. The van der Waals surface area contributed by atoms with Crippen molar-refractivity contribution in [1.29, 1.82) is 0 Å². The maximum Gasteiger partial charge on any atom is 0.769 e. The SMILES string of the molecule is Cc1cc(C)c(C2=NO[B-]3(Oc4ccccc4O3)O[P+]2(C(C)(C)C)C(C)(C)C)c(C)c1.ClCCl. The highest BCUT2D eigenvalue weighted by atomic mass is 35.5. The molecule has 0 fully saturated rings. The first-order valence-corrected chi connectivity index (χ1v) is 14.2. The number of hydrogen-bond donors (Lipinski definition) is 0. The maximum absolute atomic E-state index is 7.02. The highest BCUT2D eigenvalue weighted by molar-refractivity contribution is 7.91. The molecule has 34 heavy (non-hydrogen) atoms. The summed E-state index contributed by atoms with van der Waals surface area (Å²) in [7, 11) is -2.50. The Bertz CT molecular complexity index is 1030. The summed E-state index contributed by atoms with van der Waals surface area (Å²) in [6.07, 6.45) is 0. The molecule has 0 atom stereocenters. The van der Waals surface area contributed by atoms with Crippen LogP contribution in [0.1, 0.15) is 63.8 Å². The lowest BCUT2D eigenvalue weighted by Crippen LogP contribution is -2.58. The molecule has 9 heteroatoms. The standard InChI is InChI=1S/C24H33BNO4P.CH2Cl2/c1-16-14-17(2)21(18(3)15-16)22-26-29-25(27-19-12-10-11-13-20(19)28-25)30-31(22,23(4,5)6)24(7,8)9;2-1-3/h10-15H,1-9H3;1H2. The van der Waals surface area contributed by atoms with E-state index in [1.165, 1.54) is 16.7 Å². The normalized spacial score (nSPS) is 18.0. The summed E-state index contributed by atoms with van der Waals surface area (Å²) in [6, 6.07) is 11.9. The van der Waals surface area contributed by atoms with Gasteiger partial charge >= 0.3 is 6.96 Å². The average molecular weight is 526 g/mol. The van der Waals surface area contributed by atoms with E-state index in [1.807, 2.05) is 24.3 Å². The lowest BCUT2D eigenvalue weighted by atomic mass is 10.0. The van der Waals surface area contributed by atoms with Gasteiger partial charge in [0.05, 0.1) is 5.34 Å². The van der Waals surface area contributed by atoms with Crippen LogP contribution in [-0.4, -0.2) is 28.1 Å². The fourth-order valence-electron chi connectivity index (χ4n) is 5.19. The van der Waals surface area contributed by atoms with Gasteiger partial charge in [-0.15, -0.1) is 23.2 Å². The number of hydrogen-bond acceptors (Lipinski definition) is 5. The second-order valence-corrected chi connectivity index (χ2v) is 16.1. The number of rotatable bonds is 1. The molecule has 0 aromatic heterocycles. The first-order chi connectivity index (χ1) is 15.7. The Hall–Kier alpha value is -1.46. The van der Waals surface area contributed by atoms with E-state index in [2.05, 4.69) is 74.4 Å². The third-order valence-electron chi connectivity index (χ3n) is 6.04. The molecule has 2 aromatic carbocycles. The molecule has 0 saturated heterocycles. The van der Waals surface area contributed by atoms with Crippen LogP contribution in [0.25, 0.3) is 0 Å². The molecule has 0 unspecified atom stereocenters. The molecule has 0 radical (unpaired) electrons. The smallest absolute Gasteiger partial charge is 0.617 e. The van der Waals surface area contributed by atoms with E-state index in [1.54, 1.807) is 0 Å². The van der Waals surface area contributed by atoms with Crippen molar-refractivity contribution in [3.63, 3.8) is 0 Å². The number of benzene rings is 2. The van der Waals surface area contributed by atoms with Crippen molar-refractivity contribution in [2.75, 3.05) is 5.34 Å². The number of halogens is 2. The Kier molecular flexibility index (Phi) is 7.61. The number of aryl methyl sites for hydroxylation is 3. The quantitative estimate of drug-likeness (QED) is 0.214. The van der Waals surface area contributed by atoms with Gasteiger partial charge < -0.3 is 18.5 Å². The van der Waals surface area contributed by atoms with Crippen LogP contribution in [0.5, 0.6) is 11.5 Å². The second kappa shape index (κ2) is 9.54. The number of alkyl halides is 2. The summed E-state index contributed by atoms with van der Waals surface area (Å²) >= 11 is 9.53. The van der Waals surface area contributed by atoms with Gasteiger partial charge in [0, 0.05) is 5.56 Å².